The Labute approximate surface area is 152 Å². The summed E-state index contributed by atoms with van der Waals surface area (Å²) in [6, 6.07) is 7.28. The predicted octanol–water partition coefficient (Wildman–Crippen LogP) is 2.01. The van der Waals surface area contributed by atoms with Crippen LogP contribution in [-0.2, 0) is 17.8 Å². The molecule has 0 fully saturated rings. The molecule has 0 spiro atoms. The average molecular weight is 351 g/mol. The van der Waals surface area contributed by atoms with Crippen LogP contribution in [0.4, 0.5) is 5.69 Å². The Morgan fingerprint density at radius 2 is 2.23 bits per heavy atom. The fraction of sp³-hybridized carbons (Fsp3) is 0.368. The van der Waals surface area contributed by atoms with Crippen molar-refractivity contribution >= 4 is 17.5 Å². The van der Waals surface area contributed by atoms with E-state index in [0.717, 1.165) is 24.2 Å². The van der Waals surface area contributed by atoms with Gasteiger partial charge >= 0.3 is 0 Å². The first-order chi connectivity index (χ1) is 12.5. The second kappa shape index (κ2) is 7.40. The first kappa shape index (κ1) is 17.7. The van der Waals surface area contributed by atoms with E-state index in [4.69, 9.17) is 5.26 Å². The van der Waals surface area contributed by atoms with Crippen LogP contribution in [0.1, 0.15) is 40.5 Å². The molecule has 2 aromatic rings. The number of fused-ring (bicyclic) bond motifs is 1. The number of rotatable bonds is 4. The number of benzene rings is 1. The largest absolute Gasteiger partial charge is 0.356 e. The van der Waals surface area contributed by atoms with E-state index in [1.807, 2.05) is 17.7 Å². The Kier molecular flexibility index (Phi) is 5.03. The highest BCUT2D eigenvalue weighted by atomic mass is 16.2. The molecule has 3 rings (SSSR count). The van der Waals surface area contributed by atoms with Crippen molar-refractivity contribution in [2.24, 2.45) is 5.92 Å². The molecular formula is C19H21N5O2. The summed E-state index contributed by atoms with van der Waals surface area (Å²) in [6.45, 7) is 4.72. The van der Waals surface area contributed by atoms with E-state index in [1.165, 1.54) is 6.92 Å². The Bertz CT molecular complexity index is 894. The van der Waals surface area contributed by atoms with Crippen molar-refractivity contribution in [2.45, 2.75) is 33.2 Å². The molecule has 134 valence electrons. The highest BCUT2D eigenvalue weighted by molar-refractivity contribution is 6.05. The number of anilines is 1. The minimum absolute atomic E-state index is 0.0464. The second-order valence-electron chi connectivity index (χ2n) is 6.62. The van der Waals surface area contributed by atoms with Crippen LogP contribution in [0.2, 0.25) is 0 Å². The SMILES string of the molecule is CC(=O)NC[C@H]1CCn2ncc(C(=O)Nc3cc(C#N)ccc3C)c2C1. The molecule has 1 aromatic heterocycles. The van der Waals surface area contributed by atoms with Crippen LogP contribution in [-0.4, -0.2) is 28.1 Å². The highest BCUT2D eigenvalue weighted by Crippen LogP contribution is 2.24. The van der Waals surface area contributed by atoms with Crippen molar-refractivity contribution in [3.8, 4) is 6.07 Å². The Hall–Kier alpha value is -3.14. The van der Waals surface area contributed by atoms with Gasteiger partial charge in [0.15, 0.2) is 0 Å². The summed E-state index contributed by atoms with van der Waals surface area (Å²) in [6.07, 6.45) is 3.20. The minimum Gasteiger partial charge on any atom is -0.356 e. The number of amides is 2. The third-order valence-electron chi connectivity index (χ3n) is 4.68. The molecule has 7 heteroatoms. The lowest BCUT2D eigenvalue weighted by Crippen LogP contribution is -2.32. The van der Waals surface area contributed by atoms with Gasteiger partial charge in [0.1, 0.15) is 0 Å². The van der Waals surface area contributed by atoms with Gasteiger partial charge < -0.3 is 10.6 Å². The van der Waals surface area contributed by atoms with E-state index in [-0.39, 0.29) is 11.8 Å². The Morgan fingerprint density at radius 3 is 2.96 bits per heavy atom. The van der Waals surface area contributed by atoms with Gasteiger partial charge in [0.25, 0.3) is 5.91 Å². The predicted molar refractivity (Wildman–Crippen MR) is 96.6 cm³/mol. The monoisotopic (exact) mass is 351 g/mol. The topological polar surface area (TPSA) is 99.8 Å². The van der Waals surface area contributed by atoms with Crippen molar-refractivity contribution < 1.29 is 9.59 Å². The van der Waals surface area contributed by atoms with Gasteiger partial charge in [0.05, 0.1) is 29.1 Å². The number of aromatic nitrogens is 2. The summed E-state index contributed by atoms with van der Waals surface area (Å²) >= 11 is 0. The third kappa shape index (κ3) is 3.75. The molecule has 0 aliphatic carbocycles. The average Bonchev–Trinajstić information content (AvgIpc) is 3.05. The lowest BCUT2D eigenvalue weighted by molar-refractivity contribution is -0.119. The molecule has 7 nitrogen and oxygen atoms in total. The number of hydrogen-bond donors (Lipinski definition) is 2. The second-order valence-corrected chi connectivity index (χ2v) is 6.62. The number of carbonyl (C=O) groups is 2. The minimum atomic E-state index is -0.232. The number of hydrogen-bond acceptors (Lipinski definition) is 4. The summed E-state index contributed by atoms with van der Waals surface area (Å²) in [5.41, 5.74) is 3.44. The van der Waals surface area contributed by atoms with Gasteiger partial charge in [0, 0.05) is 25.7 Å². The quantitative estimate of drug-likeness (QED) is 0.880. The number of nitriles is 1. The van der Waals surface area contributed by atoms with Crippen LogP contribution in [0.15, 0.2) is 24.4 Å². The molecule has 0 bridgehead atoms. The number of nitrogens with one attached hydrogen (secondary N) is 2. The van der Waals surface area contributed by atoms with Crippen LogP contribution in [0.3, 0.4) is 0 Å². The van der Waals surface area contributed by atoms with Gasteiger partial charge in [-0.1, -0.05) is 6.07 Å². The third-order valence-corrected chi connectivity index (χ3v) is 4.68. The lowest BCUT2D eigenvalue weighted by Gasteiger charge is -2.24. The fourth-order valence-corrected chi connectivity index (χ4v) is 3.17. The molecule has 0 unspecified atom stereocenters. The van der Waals surface area contributed by atoms with Crippen LogP contribution in [0.5, 0.6) is 0 Å². The first-order valence-corrected chi connectivity index (χ1v) is 8.59. The molecule has 0 saturated carbocycles. The summed E-state index contributed by atoms with van der Waals surface area (Å²) in [4.78, 5) is 23.9. The summed E-state index contributed by atoms with van der Waals surface area (Å²) < 4.78 is 1.86. The molecular weight excluding hydrogens is 330 g/mol. The van der Waals surface area contributed by atoms with Gasteiger partial charge in [0.2, 0.25) is 5.91 Å². The Balaban J connectivity index is 1.77. The lowest BCUT2D eigenvalue weighted by atomic mass is 9.94. The zero-order valence-corrected chi connectivity index (χ0v) is 14.9. The first-order valence-electron chi connectivity index (χ1n) is 8.59. The van der Waals surface area contributed by atoms with Gasteiger partial charge in [-0.15, -0.1) is 0 Å². The van der Waals surface area contributed by atoms with Crippen LogP contribution >= 0.6 is 0 Å². The van der Waals surface area contributed by atoms with E-state index in [1.54, 1.807) is 18.3 Å². The standard InChI is InChI=1S/C19H21N5O2/c1-12-3-4-14(9-20)7-17(12)23-19(26)16-11-22-24-6-5-15(8-18(16)24)10-21-13(2)25/h3-4,7,11,15H,5-6,8,10H2,1-2H3,(H,21,25)(H,23,26)/t15-/m0/s1. The van der Waals surface area contributed by atoms with Crippen molar-refractivity contribution in [3.63, 3.8) is 0 Å². The molecule has 1 aliphatic rings. The van der Waals surface area contributed by atoms with Crippen molar-refractivity contribution in [3.05, 3.63) is 46.8 Å². The molecule has 0 radical (unpaired) electrons. The molecule has 2 N–H and O–H groups in total. The van der Waals surface area contributed by atoms with E-state index < -0.39 is 0 Å². The summed E-state index contributed by atoms with van der Waals surface area (Å²) in [5.74, 6) is 0.0119. The van der Waals surface area contributed by atoms with Crippen LogP contribution < -0.4 is 10.6 Å². The maximum atomic E-state index is 12.8. The summed E-state index contributed by atoms with van der Waals surface area (Å²) in [7, 11) is 0. The van der Waals surface area contributed by atoms with E-state index in [0.29, 0.717) is 35.7 Å². The molecule has 0 saturated heterocycles. The van der Waals surface area contributed by atoms with Crippen molar-refractivity contribution in [1.29, 1.82) is 5.26 Å². The molecule has 2 amide bonds. The van der Waals surface area contributed by atoms with Gasteiger partial charge in [-0.05, 0) is 43.4 Å². The smallest absolute Gasteiger partial charge is 0.259 e. The zero-order valence-electron chi connectivity index (χ0n) is 14.9. The van der Waals surface area contributed by atoms with E-state index in [2.05, 4.69) is 21.8 Å². The molecule has 2 heterocycles. The highest BCUT2D eigenvalue weighted by Gasteiger charge is 2.25. The van der Waals surface area contributed by atoms with Gasteiger partial charge in [-0.3, -0.25) is 14.3 Å². The molecule has 1 aliphatic heterocycles. The number of carbonyl (C=O) groups excluding carboxylic acids is 2. The molecule has 1 atom stereocenters. The van der Waals surface area contributed by atoms with Crippen molar-refractivity contribution in [1.82, 2.24) is 15.1 Å². The van der Waals surface area contributed by atoms with Gasteiger partial charge in [-0.25, -0.2) is 0 Å². The maximum absolute atomic E-state index is 12.8. The molecule has 1 aromatic carbocycles. The van der Waals surface area contributed by atoms with Gasteiger partial charge in [-0.2, -0.15) is 10.4 Å². The fourth-order valence-electron chi connectivity index (χ4n) is 3.17. The van der Waals surface area contributed by atoms with Crippen LogP contribution in [0.25, 0.3) is 0 Å². The van der Waals surface area contributed by atoms with E-state index in [9.17, 15) is 9.59 Å². The Morgan fingerprint density at radius 1 is 1.42 bits per heavy atom. The van der Waals surface area contributed by atoms with Crippen molar-refractivity contribution in [2.75, 3.05) is 11.9 Å². The zero-order chi connectivity index (χ0) is 18.7. The molecule has 26 heavy (non-hydrogen) atoms. The maximum Gasteiger partial charge on any atom is 0.259 e. The normalized spacial score (nSPS) is 15.7. The van der Waals surface area contributed by atoms with E-state index >= 15 is 0 Å². The number of nitrogens with zero attached hydrogens (tertiary/aromatic N) is 3. The number of aryl methyl sites for hydroxylation is 2. The summed E-state index contributed by atoms with van der Waals surface area (Å²) in [5, 5.41) is 19.1. The van der Waals surface area contributed by atoms with Crippen LogP contribution in [0, 0.1) is 24.2 Å².